The smallest absolute Gasteiger partial charge is 0.369 e. The Morgan fingerprint density at radius 3 is 1.43 bits per heavy atom. The van der Waals surface area contributed by atoms with E-state index in [0.717, 1.165) is 0 Å². The zero-order valence-corrected chi connectivity index (χ0v) is 6.64. The molecule has 0 aromatic heterocycles. The molecule has 3 radical (unpaired) electrons. The van der Waals surface area contributed by atoms with Gasteiger partial charge in [0.1, 0.15) is 0 Å². The number of hydrogen-bond acceptors (Lipinski definition) is 1. The first-order valence-corrected chi connectivity index (χ1v) is 2.41. The first-order chi connectivity index (χ1) is 2.56. The van der Waals surface area contributed by atoms with Gasteiger partial charge in [-0.15, -0.1) is 0 Å². The van der Waals surface area contributed by atoms with Crippen LogP contribution < -0.4 is 0 Å². The molecule has 0 unspecified atom stereocenters. The Morgan fingerprint density at radius 2 is 1.43 bits per heavy atom. The van der Waals surface area contributed by atoms with E-state index in [1.807, 2.05) is 20.8 Å². The van der Waals surface area contributed by atoms with Crippen molar-refractivity contribution >= 4 is 35.5 Å². The molecule has 0 fully saturated rings. The standard InChI is InChI=1S/C4H9O.Al.Li/c1-4(2,3)5;;/h1-3H3;;/q-1;+1;. The quantitative estimate of drug-likeness (QED) is 0.409. The second kappa shape index (κ2) is 4.02. The molecule has 0 heterocycles. The Hall–Kier alpha value is 1.09. The summed E-state index contributed by atoms with van der Waals surface area (Å²) in [5.74, 6) is 0. The molecule has 0 spiro atoms. The molecular weight excluding hydrogens is 98.0 g/mol. The molecule has 0 aliphatic heterocycles. The zero-order valence-electron chi connectivity index (χ0n) is 5.49. The van der Waals surface area contributed by atoms with Gasteiger partial charge in [0.05, 0.1) is 0 Å². The second-order valence-corrected chi connectivity index (χ2v) is 2.47. The average molecular weight is 107 g/mol. The third-order valence-corrected chi connectivity index (χ3v) is 1.06. The summed E-state index contributed by atoms with van der Waals surface area (Å²) in [5.41, 5.74) is 0.00463. The molecular formula is C4H9AlLiO. The molecule has 0 aromatic carbocycles. The van der Waals surface area contributed by atoms with Crippen molar-refractivity contribution in [3.63, 3.8) is 0 Å². The molecule has 7 heavy (non-hydrogen) atoms. The summed E-state index contributed by atoms with van der Waals surface area (Å²) in [4.78, 5) is 0. The van der Waals surface area contributed by atoms with Gasteiger partial charge in [-0.3, -0.25) is 0 Å². The van der Waals surface area contributed by atoms with E-state index in [1.54, 1.807) is 0 Å². The largest absolute Gasteiger partial charge is 0.512 e. The molecule has 3 heteroatoms. The van der Waals surface area contributed by atoms with E-state index in [9.17, 15) is 0 Å². The molecule has 0 aliphatic carbocycles. The van der Waals surface area contributed by atoms with Gasteiger partial charge < -0.3 is 3.79 Å². The van der Waals surface area contributed by atoms with Gasteiger partial charge in [0.2, 0.25) is 0 Å². The van der Waals surface area contributed by atoms with Crippen molar-refractivity contribution in [2.24, 2.45) is 0 Å². The first kappa shape index (κ1) is 11.0. The summed E-state index contributed by atoms with van der Waals surface area (Å²) in [6.45, 7) is 6.00. The normalized spacial score (nSPS) is 10.1. The second-order valence-electron chi connectivity index (χ2n) is 2.23. The van der Waals surface area contributed by atoms with Crippen LogP contribution in [-0.2, 0) is 3.79 Å². The van der Waals surface area contributed by atoms with Gasteiger partial charge in [-0.05, 0) is 20.8 Å². The molecule has 0 aliphatic rings. The maximum absolute atomic E-state index is 4.85. The van der Waals surface area contributed by atoms with Crippen molar-refractivity contribution in [3.05, 3.63) is 0 Å². The summed E-state index contributed by atoms with van der Waals surface area (Å²) in [7, 11) is 0. The first-order valence-electron chi connectivity index (χ1n) is 1.94. The van der Waals surface area contributed by atoms with E-state index in [4.69, 9.17) is 3.79 Å². The molecule has 35 valence electrons. The van der Waals surface area contributed by atoms with Crippen LogP contribution in [0, 0.1) is 0 Å². The molecule has 0 atom stereocenters. The summed E-state index contributed by atoms with van der Waals surface area (Å²) >= 11 is 2.22. The van der Waals surface area contributed by atoms with Crippen LogP contribution in [0.15, 0.2) is 0 Å². The Bertz CT molecular complexity index is 41.4. The summed E-state index contributed by atoms with van der Waals surface area (Å²) in [6, 6.07) is 0. The van der Waals surface area contributed by atoms with Gasteiger partial charge >= 0.3 is 16.6 Å². The summed E-state index contributed by atoms with van der Waals surface area (Å²) in [5, 5.41) is 0. The summed E-state index contributed by atoms with van der Waals surface area (Å²) < 4.78 is 4.85. The monoisotopic (exact) mass is 107 g/mol. The van der Waals surface area contributed by atoms with Gasteiger partial charge in [0.15, 0.2) is 0 Å². The molecule has 0 saturated carbocycles. The van der Waals surface area contributed by atoms with E-state index in [0.29, 0.717) is 0 Å². The van der Waals surface area contributed by atoms with Gasteiger partial charge in [-0.1, -0.05) is 0 Å². The van der Waals surface area contributed by atoms with Crippen molar-refractivity contribution in [1.29, 1.82) is 0 Å². The average Bonchev–Trinajstić information content (AvgIpc) is 1.35. The third-order valence-electron chi connectivity index (χ3n) is 0.354. The van der Waals surface area contributed by atoms with Crippen molar-refractivity contribution in [2.45, 2.75) is 26.4 Å². The summed E-state index contributed by atoms with van der Waals surface area (Å²) in [6.07, 6.45) is 0. The van der Waals surface area contributed by atoms with Crippen LogP contribution >= 0.6 is 0 Å². The van der Waals surface area contributed by atoms with Gasteiger partial charge in [-0.2, -0.15) is 0 Å². The number of hydrogen-bond donors (Lipinski definition) is 0. The van der Waals surface area contributed by atoms with Crippen molar-refractivity contribution < 1.29 is 3.79 Å². The Balaban J connectivity index is 0. The molecule has 0 N–H and O–H groups in total. The fourth-order valence-corrected chi connectivity index (χ4v) is 0. The van der Waals surface area contributed by atoms with Crippen LogP contribution in [0.2, 0.25) is 0 Å². The van der Waals surface area contributed by atoms with Crippen LogP contribution in [0.4, 0.5) is 0 Å². The minimum atomic E-state index is 0. The molecule has 1 nitrogen and oxygen atoms in total. The van der Waals surface area contributed by atoms with Crippen LogP contribution in [0.5, 0.6) is 0 Å². The molecule has 0 rings (SSSR count). The molecule has 0 aromatic rings. The zero-order chi connectivity index (χ0) is 5.21. The topological polar surface area (TPSA) is 9.23 Å². The minimum absolute atomic E-state index is 0. The Labute approximate surface area is 65.7 Å². The van der Waals surface area contributed by atoms with Gasteiger partial charge in [0, 0.05) is 24.5 Å². The predicted molar refractivity (Wildman–Crippen MR) is 32.3 cm³/mol. The SMILES string of the molecule is CC(C)(C)[O][Al].[Li]. The van der Waals surface area contributed by atoms with E-state index in [1.165, 1.54) is 0 Å². The predicted octanol–water partition coefficient (Wildman–Crippen LogP) is 0.504. The van der Waals surface area contributed by atoms with E-state index < -0.39 is 0 Å². The van der Waals surface area contributed by atoms with E-state index in [-0.39, 0.29) is 24.5 Å². The Morgan fingerprint density at radius 1 is 1.29 bits per heavy atom. The van der Waals surface area contributed by atoms with E-state index in [2.05, 4.69) is 16.6 Å². The van der Waals surface area contributed by atoms with Gasteiger partial charge in [0.25, 0.3) is 0 Å². The van der Waals surface area contributed by atoms with Crippen LogP contribution in [-0.4, -0.2) is 41.1 Å². The van der Waals surface area contributed by atoms with Crippen molar-refractivity contribution in [2.75, 3.05) is 0 Å². The molecule has 0 bridgehead atoms. The van der Waals surface area contributed by atoms with Crippen LogP contribution in [0.1, 0.15) is 20.8 Å². The van der Waals surface area contributed by atoms with Gasteiger partial charge in [-0.25, -0.2) is 0 Å². The van der Waals surface area contributed by atoms with Crippen molar-refractivity contribution in [3.8, 4) is 0 Å². The molecule has 0 amide bonds. The van der Waals surface area contributed by atoms with Crippen LogP contribution in [0.25, 0.3) is 0 Å². The maximum atomic E-state index is 4.85. The van der Waals surface area contributed by atoms with Crippen molar-refractivity contribution in [1.82, 2.24) is 0 Å². The van der Waals surface area contributed by atoms with Crippen LogP contribution in [0.3, 0.4) is 0 Å². The number of rotatable bonds is 0. The van der Waals surface area contributed by atoms with E-state index >= 15 is 0 Å². The molecule has 0 saturated heterocycles. The Kier molecular flexibility index (Phi) is 6.29. The fraction of sp³-hybridized carbons (Fsp3) is 1.00. The maximum Gasteiger partial charge on any atom is 0.369 e. The minimum Gasteiger partial charge on any atom is -0.512 e. The third kappa shape index (κ3) is 11.0. The fourth-order valence-electron chi connectivity index (χ4n) is 0.